The van der Waals surface area contributed by atoms with Crippen molar-refractivity contribution < 1.29 is 59.1 Å². The highest BCUT2D eigenvalue weighted by molar-refractivity contribution is 5.88. The molecule has 6 N–H and O–H groups in total. The molecule has 3 heterocycles. The van der Waals surface area contributed by atoms with Crippen molar-refractivity contribution in [2.24, 2.45) is 0 Å². The zero-order valence-corrected chi connectivity index (χ0v) is 20.3. The molecule has 13 nitrogen and oxygen atoms in total. The SMILES string of the molecule is O=C(OC[C@@]1(O)CO[C@@H](O[C@H]2[C@H](Oc3ccc(CCO)cc3)O[C@H](CO)[C@@H](O)[C@@H]2O)[C@@H]1O)c1cccnc1. The van der Waals surface area contributed by atoms with Gasteiger partial charge in [-0.1, -0.05) is 12.1 Å². The van der Waals surface area contributed by atoms with Crippen LogP contribution in [0.2, 0.25) is 0 Å². The number of aliphatic hydroxyl groups excluding tert-OH is 5. The molecule has 0 amide bonds. The van der Waals surface area contributed by atoms with E-state index in [-0.39, 0.29) is 12.2 Å². The van der Waals surface area contributed by atoms with Gasteiger partial charge in [0, 0.05) is 19.0 Å². The van der Waals surface area contributed by atoms with E-state index in [1.54, 1.807) is 24.3 Å². The van der Waals surface area contributed by atoms with E-state index in [9.17, 15) is 30.3 Å². The number of aliphatic hydroxyl groups is 6. The molecule has 2 fully saturated rings. The van der Waals surface area contributed by atoms with E-state index in [1.807, 2.05) is 0 Å². The Labute approximate surface area is 217 Å². The normalized spacial score (nSPS) is 33.2. The second-order valence-electron chi connectivity index (χ2n) is 9.09. The van der Waals surface area contributed by atoms with Crippen molar-refractivity contribution in [3.8, 4) is 5.75 Å². The molecule has 13 heteroatoms. The molecule has 0 unspecified atom stereocenters. The maximum Gasteiger partial charge on any atom is 0.339 e. The first-order valence-corrected chi connectivity index (χ1v) is 12.0. The van der Waals surface area contributed by atoms with E-state index >= 15 is 0 Å². The first-order chi connectivity index (χ1) is 18.3. The summed E-state index contributed by atoms with van der Waals surface area (Å²) in [4.78, 5) is 16.0. The van der Waals surface area contributed by atoms with Crippen molar-refractivity contribution in [1.29, 1.82) is 0 Å². The summed E-state index contributed by atoms with van der Waals surface area (Å²) >= 11 is 0. The predicted octanol–water partition coefficient (Wildman–Crippen LogP) is -1.88. The van der Waals surface area contributed by atoms with Gasteiger partial charge in [-0.3, -0.25) is 4.98 Å². The number of pyridine rings is 1. The van der Waals surface area contributed by atoms with Gasteiger partial charge < -0.3 is 54.3 Å². The molecular weight excluding hydrogens is 506 g/mol. The third kappa shape index (κ3) is 6.29. The topological polar surface area (TPSA) is 197 Å². The van der Waals surface area contributed by atoms with E-state index in [0.29, 0.717) is 12.2 Å². The lowest BCUT2D eigenvalue weighted by atomic mass is 9.98. The molecule has 1 aromatic carbocycles. The van der Waals surface area contributed by atoms with Gasteiger partial charge in [-0.15, -0.1) is 0 Å². The number of carbonyl (C=O) groups is 1. The zero-order chi connectivity index (χ0) is 27.3. The lowest BCUT2D eigenvalue weighted by molar-refractivity contribution is -0.318. The molecule has 38 heavy (non-hydrogen) atoms. The van der Waals surface area contributed by atoms with Crippen molar-refractivity contribution in [3.05, 3.63) is 59.9 Å². The molecule has 0 aliphatic carbocycles. The van der Waals surface area contributed by atoms with Gasteiger partial charge >= 0.3 is 5.97 Å². The largest absolute Gasteiger partial charge is 0.462 e. The number of esters is 1. The number of hydrogen-bond acceptors (Lipinski definition) is 13. The van der Waals surface area contributed by atoms with Crippen LogP contribution in [0.5, 0.6) is 5.75 Å². The Morgan fingerprint density at radius 2 is 1.84 bits per heavy atom. The number of benzene rings is 1. The third-order valence-electron chi connectivity index (χ3n) is 6.35. The molecule has 0 bridgehead atoms. The Kier molecular flexibility index (Phi) is 9.25. The first-order valence-electron chi connectivity index (χ1n) is 12.0. The fourth-order valence-electron chi connectivity index (χ4n) is 4.10. The van der Waals surface area contributed by atoms with Crippen LogP contribution in [0.1, 0.15) is 15.9 Å². The predicted molar refractivity (Wildman–Crippen MR) is 126 cm³/mol. The molecule has 1 aromatic heterocycles. The smallest absolute Gasteiger partial charge is 0.339 e. The van der Waals surface area contributed by atoms with Crippen molar-refractivity contribution in [2.45, 2.75) is 55.1 Å². The van der Waals surface area contributed by atoms with Crippen LogP contribution in [-0.4, -0.2) is 117 Å². The summed E-state index contributed by atoms with van der Waals surface area (Å²) in [6.45, 7) is -1.74. The summed E-state index contributed by atoms with van der Waals surface area (Å²) < 4.78 is 27.7. The molecule has 2 saturated heterocycles. The second kappa shape index (κ2) is 12.4. The average molecular weight is 538 g/mol. The lowest BCUT2D eigenvalue weighted by Crippen LogP contribution is -2.62. The number of carbonyl (C=O) groups excluding carboxylic acids is 1. The average Bonchev–Trinajstić information content (AvgIpc) is 3.21. The van der Waals surface area contributed by atoms with Gasteiger partial charge in [0.15, 0.2) is 18.0 Å². The van der Waals surface area contributed by atoms with Crippen LogP contribution in [0, 0.1) is 0 Å². The maximum atomic E-state index is 12.2. The quantitative estimate of drug-likeness (QED) is 0.184. The Morgan fingerprint density at radius 3 is 2.50 bits per heavy atom. The first kappa shape index (κ1) is 28.3. The second-order valence-corrected chi connectivity index (χ2v) is 9.09. The fraction of sp³-hybridized carbons (Fsp3) is 0.520. The van der Waals surface area contributed by atoms with Crippen LogP contribution in [0.15, 0.2) is 48.8 Å². The summed E-state index contributed by atoms with van der Waals surface area (Å²) in [6, 6.07) is 9.66. The molecule has 2 aliphatic rings. The summed E-state index contributed by atoms with van der Waals surface area (Å²) in [6.07, 6.45) is -7.20. The van der Waals surface area contributed by atoms with Gasteiger partial charge in [-0.05, 0) is 36.2 Å². The van der Waals surface area contributed by atoms with Gasteiger partial charge in [0.1, 0.15) is 36.8 Å². The van der Waals surface area contributed by atoms with E-state index < -0.39 is 74.5 Å². The van der Waals surface area contributed by atoms with Crippen molar-refractivity contribution in [3.63, 3.8) is 0 Å². The Bertz CT molecular complexity index is 1040. The maximum absolute atomic E-state index is 12.2. The molecule has 8 atom stereocenters. The molecule has 208 valence electrons. The Morgan fingerprint density at radius 1 is 1.08 bits per heavy atom. The molecule has 0 saturated carbocycles. The van der Waals surface area contributed by atoms with Gasteiger partial charge in [0.2, 0.25) is 6.29 Å². The van der Waals surface area contributed by atoms with E-state index in [0.717, 1.165) is 5.56 Å². The van der Waals surface area contributed by atoms with Crippen molar-refractivity contribution >= 4 is 5.97 Å². The van der Waals surface area contributed by atoms with Gasteiger partial charge in [0.05, 0.1) is 18.8 Å². The highest BCUT2D eigenvalue weighted by Gasteiger charge is 2.54. The van der Waals surface area contributed by atoms with Crippen LogP contribution < -0.4 is 4.74 Å². The van der Waals surface area contributed by atoms with E-state index in [4.69, 9.17) is 28.8 Å². The van der Waals surface area contributed by atoms with Crippen LogP contribution in [-0.2, 0) is 25.4 Å². The van der Waals surface area contributed by atoms with E-state index in [2.05, 4.69) is 4.98 Å². The molecule has 2 aliphatic heterocycles. The number of rotatable bonds is 10. The number of hydrogen-bond donors (Lipinski definition) is 6. The monoisotopic (exact) mass is 537 g/mol. The fourth-order valence-corrected chi connectivity index (χ4v) is 4.10. The Balaban J connectivity index is 1.43. The van der Waals surface area contributed by atoms with Crippen LogP contribution in [0.3, 0.4) is 0 Å². The van der Waals surface area contributed by atoms with Crippen LogP contribution in [0.25, 0.3) is 0 Å². The van der Waals surface area contributed by atoms with E-state index in [1.165, 1.54) is 24.5 Å². The third-order valence-corrected chi connectivity index (χ3v) is 6.35. The van der Waals surface area contributed by atoms with Gasteiger partial charge in [-0.25, -0.2) is 4.79 Å². The standard InChI is InChI=1S/C25H31NO12/c27-9-7-14-3-5-16(6-4-14)36-23-20(19(30)18(29)17(11-28)37-23)38-24-21(31)25(33,13-35-24)12-34-22(32)15-2-1-8-26-10-15/h1-6,8,10,17-21,23-24,27-31,33H,7,9,11-13H2/t17-,18-,19+,20-,21+,23-,24+,25-/m1/s1. The number of ether oxygens (including phenoxy) is 5. The summed E-state index contributed by atoms with van der Waals surface area (Å²) in [5.74, 6) is -0.465. The molecule has 0 radical (unpaired) electrons. The van der Waals surface area contributed by atoms with Crippen molar-refractivity contribution in [2.75, 3.05) is 26.4 Å². The summed E-state index contributed by atoms with van der Waals surface area (Å²) in [5, 5.41) is 61.3. The summed E-state index contributed by atoms with van der Waals surface area (Å²) in [7, 11) is 0. The Hall–Kier alpha value is -2.72. The van der Waals surface area contributed by atoms with Gasteiger partial charge in [-0.2, -0.15) is 0 Å². The highest BCUT2D eigenvalue weighted by Crippen LogP contribution is 2.32. The van der Waals surface area contributed by atoms with Crippen LogP contribution >= 0.6 is 0 Å². The molecule has 2 aromatic rings. The van der Waals surface area contributed by atoms with Gasteiger partial charge in [0.25, 0.3) is 0 Å². The number of nitrogens with zero attached hydrogens (tertiary/aromatic N) is 1. The minimum Gasteiger partial charge on any atom is -0.462 e. The minimum absolute atomic E-state index is 0.0250. The van der Waals surface area contributed by atoms with Crippen LogP contribution in [0.4, 0.5) is 0 Å². The van der Waals surface area contributed by atoms with Crippen molar-refractivity contribution in [1.82, 2.24) is 4.98 Å². The highest BCUT2D eigenvalue weighted by atomic mass is 16.8. The lowest BCUT2D eigenvalue weighted by Gasteiger charge is -2.42. The molecular formula is C25H31NO12. The zero-order valence-electron chi connectivity index (χ0n) is 20.3. The molecule has 0 spiro atoms. The minimum atomic E-state index is -2.03. The molecule has 4 rings (SSSR count). The summed E-state index contributed by atoms with van der Waals surface area (Å²) in [5.41, 5.74) is -1.03. The number of aromatic nitrogens is 1.